The number of nitro benzene ring substituents is 1. The van der Waals surface area contributed by atoms with Gasteiger partial charge in [0.2, 0.25) is 0 Å². The van der Waals surface area contributed by atoms with E-state index in [2.05, 4.69) is 0 Å². The molecule has 2 unspecified atom stereocenters. The largest absolute Gasteiger partial charge is 0.508 e. The van der Waals surface area contributed by atoms with E-state index in [1.54, 1.807) is 32.2 Å². The Balaban J connectivity index is 1.04. The van der Waals surface area contributed by atoms with E-state index in [0.717, 1.165) is 33.4 Å². The van der Waals surface area contributed by atoms with Crippen molar-refractivity contribution < 1.29 is 66.6 Å². The van der Waals surface area contributed by atoms with Gasteiger partial charge in [0.25, 0.3) is 5.69 Å². The fourth-order valence-electron chi connectivity index (χ4n) is 9.82. The fourth-order valence-corrected chi connectivity index (χ4v) is 9.82. The third-order valence-electron chi connectivity index (χ3n) is 14.0. The number of benzene rings is 7. The van der Waals surface area contributed by atoms with Crippen molar-refractivity contribution in [2.24, 2.45) is 0 Å². The average Bonchev–Trinajstić information content (AvgIpc) is 3.66. The van der Waals surface area contributed by atoms with Crippen LogP contribution in [0.15, 0.2) is 206 Å². The summed E-state index contributed by atoms with van der Waals surface area (Å²) in [5, 5.41) is 11.9. The second-order valence-corrected chi connectivity index (χ2v) is 19.8. The van der Waals surface area contributed by atoms with Gasteiger partial charge in [-0.25, -0.2) is 4.79 Å². The zero-order valence-electron chi connectivity index (χ0n) is 45.4. The second kappa shape index (κ2) is 30.6. The minimum absolute atomic E-state index is 0.0792. The summed E-state index contributed by atoms with van der Waals surface area (Å²) >= 11 is 0. The molecule has 0 radical (unpaired) electrons. The maximum Gasteiger partial charge on any atom is 0.508 e. The predicted molar refractivity (Wildman–Crippen MR) is 299 cm³/mol. The molecule has 81 heavy (non-hydrogen) atoms. The minimum Gasteiger partial charge on any atom is -0.434 e. The summed E-state index contributed by atoms with van der Waals surface area (Å²) in [4.78, 5) is 25.0. The molecule has 2 aliphatic heterocycles. The highest BCUT2D eigenvalue weighted by Gasteiger charge is 2.52. The molecule has 0 saturated carbocycles. The average molecular weight is 1100 g/mol. The minimum atomic E-state index is -1.22. The summed E-state index contributed by atoms with van der Waals surface area (Å²) in [6.07, 6.45) is -10.3. The van der Waals surface area contributed by atoms with E-state index in [1.165, 1.54) is 6.07 Å². The molecule has 16 heteroatoms. The van der Waals surface area contributed by atoms with Gasteiger partial charge in [-0.3, -0.25) is 10.1 Å². The molecule has 2 saturated heterocycles. The van der Waals surface area contributed by atoms with Crippen molar-refractivity contribution in [3.63, 3.8) is 0 Å². The summed E-state index contributed by atoms with van der Waals surface area (Å²) in [6, 6.07) is 65.0. The predicted octanol–water partition coefficient (Wildman–Crippen LogP) is 11.5. The topological polar surface area (TPSA) is 171 Å². The Labute approximate surface area is 472 Å². The molecule has 2 heterocycles. The van der Waals surface area contributed by atoms with Crippen LogP contribution in [0.4, 0.5) is 10.5 Å². The van der Waals surface area contributed by atoms with E-state index < -0.39 is 78.4 Å². The molecule has 0 amide bonds. The van der Waals surface area contributed by atoms with Crippen molar-refractivity contribution >= 4 is 11.8 Å². The lowest BCUT2D eigenvalue weighted by Crippen LogP contribution is -2.64. The molecule has 0 aromatic heterocycles. The highest BCUT2D eigenvalue weighted by molar-refractivity contribution is 5.60. The third-order valence-corrected chi connectivity index (χ3v) is 14.0. The molecule has 2 aliphatic rings. The summed E-state index contributed by atoms with van der Waals surface area (Å²) in [7, 11) is 1.56. The van der Waals surface area contributed by atoms with Crippen LogP contribution in [0.1, 0.15) is 51.8 Å². The molecule has 2 fully saturated rings. The van der Waals surface area contributed by atoms with Gasteiger partial charge in [0.1, 0.15) is 62.0 Å². The van der Waals surface area contributed by atoms with E-state index in [9.17, 15) is 14.9 Å². The van der Waals surface area contributed by atoms with Gasteiger partial charge in [-0.15, -0.1) is 0 Å². The van der Waals surface area contributed by atoms with Crippen LogP contribution in [0.25, 0.3) is 0 Å². The van der Waals surface area contributed by atoms with Gasteiger partial charge < -0.3 is 56.8 Å². The van der Waals surface area contributed by atoms with Gasteiger partial charge in [0, 0.05) is 24.7 Å². The first-order chi connectivity index (χ1) is 39.8. The molecule has 0 spiro atoms. The van der Waals surface area contributed by atoms with Crippen LogP contribution in [0.3, 0.4) is 0 Å². The number of nitrogens with zero attached hydrogens (tertiary/aromatic N) is 1. The zero-order valence-corrected chi connectivity index (χ0v) is 45.4. The van der Waals surface area contributed by atoms with Crippen molar-refractivity contribution in [1.29, 1.82) is 0 Å². The summed E-state index contributed by atoms with van der Waals surface area (Å²) in [5.74, 6) is -0.530. The Morgan fingerprint density at radius 1 is 0.432 bits per heavy atom. The molecule has 7 aromatic carbocycles. The first kappa shape index (κ1) is 58.5. The first-order valence-corrected chi connectivity index (χ1v) is 27.2. The number of carbonyl (C=O) groups excluding carboxylic acids is 1. The molecule has 0 N–H and O–H groups in total. The van der Waals surface area contributed by atoms with Crippen molar-refractivity contribution in [2.75, 3.05) is 26.9 Å². The molecule has 16 nitrogen and oxygen atoms in total. The van der Waals surface area contributed by atoms with Crippen LogP contribution in [0, 0.1) is 10.1 Å². The molecule has 9 rings (SSSR count). The Morgan fingerprint density at radius 2 is 0.765 bits per heavy atom. The molecular formula is C65H69NO15. The van der Waals surface area contributed by atoms with Crippen LogP contribution >= 0.6 is 0 Å². The van der Waals surface area contributed by atoms with Gasteiger partial charge >= 0.3 is 6.16 Å². The lowest BCUT2D eigenvalue weighted by atomic mass is 9.97. The standard InChI is InChI=1S/C65H69NO15/c1-46(53-35-21-22-36-54(53)66(68)69)37-78-65(67)79-45-56-58(72-39-48-25-11-4-12-26-48)60(74-41-50-29-15-6-16-30-50)62(76-43-52-33-19-8-20-34-52)64(81-56)77-44-55-57(71-38-47-23-9-3-10-24-47)59(73-40-49-27-13-5-14-28-49)61(63(70-2)80-55)75-42-51-31-17-7-18-32-51/h3-36,46,55-64H,37-45H2,1-2H3/t46?,55-,56-,57-,58-,59+,60+,61-,62-,63+,64?/m1/s1. The van der Waals surface area contributed by atoms with Crippen molar-refractivity contribution in [2.45, 2.75) is 114 Å². The normalized spacial score (nSPS) is 23.0. The number of hydrogen-bond acceptors (Lipinski definition) is 15. The maximum atomic E-state index is 13.6. The molecule has 7 aromatic rings. The number of ether oxygens (including phenoxy) is 12. The Bertz CT molecular complexity index is 2930. The summed E-state index contributed by atoms with van der Waals surface area (Å²) in [6.45, 7) is 2.11. The second-order valence-electron chi connectivity index (χ2n) is 19.8. The smallest absolute Gasteiger partial charge is 0.434 e. The highest BCUT2D eigenvalue weighted by Crippen LogP contribution is 2.35. The van der Waals surface area contributed by atoms with Crippen LogP contribution in [-0.2, 0) is 96.5 Å². The van der Waals surface area contributed by atoms with Crippen LogP contribution < -0.4 is 0 Å². The van der Waals surface area contributed by atoms with E-state index in [4.69, 9.17) is 56.8 Å². The molecule has 0 aliphatic carbocycles. The maximum absolute atomic E-state index is 13.6. The fraction of sp³-hybridized carbons (Fsp3) is 0.338. The lowest BCUT2D eigenvalue weighted by Gasteiger charge is -2.47. The van der Waals surface area contributed by atoms with Gasteiger partial charge in [-0.2, -0.15) is 0 Å². The zero-order chi connectivity index (χ0) is 56.0. The van der Waals surface area contributed by atoms with E-state index in [1.807, 2.05) is 182 Å². The van der Waals surface area contributed by atoms with Crippen molar-refractivity contribution in [3.05, 3.63) is 255 Å². The lowest BCUT2D eigenvalue weighted by molar-refractivity contribution is -0.385. The van der Waals surface area contributed by atoms with E-state index in [0.29, 0.717) is 5.56 Å². The van der Waals surface area contributed by atoms with Crippen molar-refractivity contribution in [3.8, 4) is 0 Å². The van der Waals surface area contributed by atoms with E-state index >= 15 is 0 Å². The van der Waals surface area contributed by atoms with Crippen molar-refractivity contribution in [1.82, 2.24) is 0 Å². The number of rotatable bonds is 28. The van der Waals surface area contributed by atoms with Gasteiger partial charge in [0.15, 0.2) is 12.6 Å². The Kier molecular flexibility index (Phi) is 22.1. The number of para-hydroxylation sites is 1. The monoisotopic (exact) mass is 1100 g/mol. The number of methoxy groups -OCH3 is 1. The molecule has 0 bridgehead atoms. The number of nitro groups is 1. The SMILES string of the molecule is CO[C@H]1O[C@H](COC2O[C@H](COC(=O)OCC(C)c3ccccc3[N+](=O)[O-])[C@@H](OCc3ccccc3)[C@H](OCc3ccccc3)[C@H]2OCc2ccccc2)[C@@H](OCc2ccccc2)[C@H](OCc2ccccc2)[C@H]1OCc1ccccc1. The van der Waals surface area contributed by atoms with Crippen LogP contribution in [0.5, 0.6) is 0 Å². The van der Waals surface area contributed by atoms with E-state index in [-0.39, 0.29) is 65.1 Å². The molecule has 424 valence electrons. The molecule has 11 atom stereocenters. The highest BCUT2D eigenvalue weighted by atomic mass is 16.8. The van der Waals surface area contributed by atoms with Crippen LogP contribution in [-0.4, -0.2) is 99.4 Å². The Hall–Kier alpha value is -7.19. The third kappa shape index (κ3) is 16.9. The van der Waals surface area contributed by atoms with Gasteiger partial charge in [-0.1, -0.05) is 207 Å². The van der Waals surface area contributed by atoms with Gasteiger partial charge in [-0.05, 0) is 33.4 Å². The quantitative estimate of drug-likeness (QED) is 0.0258. The Morgan fingerprint density at radius 3 is 1.16 bits per heavy atom. The number of carbonyl (C=O) groups is 1. The summed E-state index contributed by atoms with van der Waals surface area (Å²) < 4.78 is 79.6. The number of hydrogen-bond donors (Lipinski definition) is 0. The van der Waals surface area contributed by atoms with Crippen LogP contribution in [0.2, 0.25) is 0 Å². The first-order valence-electron chi connectivity index (χ1n) is 27.2. The molecular weight excluding hydrogens is 1030 g/mol. The van der Waals surface area contributed by atoms with Gasteiger partial charge in [0.05, 0.1) is 51.2 Å². The summed E-state index contributed by atoms with van der Waals surface area (Å²) in [5.41, 5.74) is 5.81.